The molecule has 2 N–H and O–H groups in total. The molecule has 0 radical (unpaired) electrons. The third kappa shape index (κ3) is 4.61. The largest absolute Gasteiger partial charge is 0.418 e. The molecule has 1 fully saturated rings. The summed E-state index contributed by atoms with van der Waals surface area (Å²) in [7, 11) is 2.14. The Labute approximate surface area is 183 Å². The summed E-state index contributed by atoms with van der Waals surface area (Å²) in [4.78, 5) is 25.1. The van der Waals surface area contributed by atoms with E-state index in [0.717, 1.165) is 37.9 Å². The summed E-state index contributed by atoms with van der Waals surface area (Å²) in [5.74, 6) is 0.0709. The fraction of sp³-hybridized carbons (Fsp3) is 0.500. The van der Waals surface area contributed by atoms with Gasteiger partial charge in [0.15, 0.2) is 0 Å². The summed E-state index contributed by atoms with van der Waals surface area (Å²) >= 11 is 0. The standard InChI is InChI=1S/C24H33N5O2/c1-5-8-19(11-18-12-25-21-10-7-6-9-20(18)21)27-23(30)22-13-26-24(31-22)29-14-16(2)28(4)17(3)15-29/h6-7,9-10,12-13,16-17,19,25H,5,8,11,14-15H2,1-4H3,(H,27,30)/t16-,17-,19?/m1/s1. The van der Waals surface area contributed by atoms with Gasteiger partial charge in [-0.3, -0.25) is 9.69 Å². The Morgan fingerprint density at radius 2 is 2.03 bits per heavy atom. The van der Waals surface area contributed by atoms with Gasteiger partial charge in [-0.25, -0.2) is 4.98 Å². The average Bonchev–Trinajstić information content (AvgIpc) is 3.40. The van der Waals surface area contributed by atoms with E-state index in [0.29, 0.717) is 18.1 Å². The third-order valence-electron chi connectivity index (χ3n) is 6.46. The monoisotopic (exact) mass is 423 g/mol. The van der Waals surface area contributed by atoms with Gasteiger partial charge in [-0.15, -0.1) is 0 Å². The maximum Gasteiger partial charge on any atom is 0.298 e. The Hall–Kier alpha value is -2.80. The van der Waals surface area contributed by atoms with E-state index in [1.54, 1.807) is 6.20 Å². The van der Waals surface area contributed by atoms with Gasteiger partial charge in [0.2, 0.25) is 5.76 Å². The molecule has 1 saturated heterocycles. The molecule has 3 aromatic rings. The normalized spacial score (nSPS) is 20.8. The number of anilines is 1. The number of aromatic nitrogens is 2. The van der Waals surface area contributed by atoms with Gasteiger partial charge in [-0.05, 0) is 45.4 Å². The quantitative estimate of drug-likeness (QED) is 0.604. The predicted molar refractivity (Wildman–Crippen MR) is 124 cm³/mol. The van der Waals surface area contributed by atoms with Crippen LogP contribution in [-0.4, -0.2) is 59.0 Å². The maximum atomic E-state index is 12.9. The van der Waals surface area contributed by atoms with Gasteiger partial charge >= 0.3 is 0 Å². The van der Waals surface area contributed by atoms with Crippen molar-refractivity contribution in [2.45, 2.75) is 58.2 Å². The highest BCUT2D eigenvalue weighted by Crippen LogP contribution is 2.23. The molecule has 3 atom stereocenters. The zero-order valence-electron chi connectivity index (χ0n) is 18.9. The third-order valence-corrected chi connectivity index (χ3v) is 6.46. The van der Waals surface area contributed by atoms with Crippen LogP contribution in [0.1, 0.15) is 49.7 Å². The number of fused-ring (bicyclic) bond motifs is 1. The number of amides is 1. The lowest BCUT2D eigenvalue weighted by molar-refractivity contribution is 0.0906. The van der Waals surface area contributed by atoms with E-state index >= 15 is 0 Å². The number of carbonyl (C=O) groups excluding carboxylic acids is 1. The van der Waals surface area contributed by atoms with Crippen molar-refractivity contribution in [2.24, 2.45) is 0 Å². The molecule has 1 unspecified atom stereocenters. The number of H-pyrrole nitrogens is 1. The lowest BCUT2D eigenvalue weighted by atomic mass is 10.0. The van der Waals surface area contributed by atoms with E-state index in [2.05, 4.69) is 65.0 Å². The summed E-state index contributed by atoms with van der Waals surface area (Å²) in [5.41, 5.74) is 2.34. The minimum Gasteiger partial charge on any atom is -0.418 e. The molecule has 0 spiro atoms. The molecular formula is C24H33N5O2. The molecule has 0 bridgehead atoms. The number of benzene rings is 1. The van der Waals surface area contributed by atoms with Crippen LogP contribution in [0.15, 0.2) is 41.1 Å². The fourth-order valence-corrected chi connectivity index (χ4v) is 4.47. The zero-order chi connectivity index (χ0) is 22.0. The van der Waals surface area contributed by atoms with E-state index in [4.69, 9.17) is 4.42 Å². The van der Waals surface area contributed by atoms with Gasteiger partial charge in [0.1, 0.15) is 0 Å². The molecule has 1 aliphatic rings. The van der Waals surface area contributed by atoms with Crippen LogP contribution in [0.3, 0.4) is 0 Å². The van der Waals surface area contributed by atoms with Crippen molar-refractivity contribution in [3.05, 3.63) is 48.0 Å². The van der Waals surface area contributed by atoms with Crippen LogP contribution in [0.4, 0.5) is 6.01 Å². The highest BCUT2D eigenvalue weighted by Gasteiger charge is 2.29. The zero-order valence-corrected chi connectivity index (χ0v) is 18.9. The number of likely N-dealkylation sites (N-methyl/N-ethyl adjacent to an activating group) is 1. The van der Waals surface area contributed by atoms with Crippen LogP contribution in [0.5, 0.6) is 0 Å². The number of carbonyl (C=O) groups is 1. The molecule has 166 valence electrons. The molecule has 2 aromatic heterocycles. The molecule has 31 heavy (non-hydrogen) atoms. The maximum absolute atomic E-state index is 12.9. The van der Waals surface area contributed by atoms with Crippen LogP contribution in [0.25, 0.3) is 10.9 Å². The molecule has 7 nitrogen and oxygen atoms in total. The van der Waals surface area contributed by atoms with Crippen LogP contribution in [0, 0.1) is 0 Å². The van der Waals surface area contributed by atoms with Gasteiger partial charge in [-0.1, -0.05) is 31.5 Å². The Bertz CT molecular complexity index is 1010. The van der Waals surface area contributed by atoms with Crippen molar-refractivity contribution in [3.8, 4) is 0 Å². The summed E-state index contributed by atoms with van der Waals surface area (Å²) in [6.45, 7) is 8.19. The first-order chi connectivity index (χ1) is 15.0. The summed E-state index contributed by atoms with van der Waals surface area (Å²) in [6.07, 6.45) is 6.26. The smallest absolute Gasteiger partial charge is 0.298 e. The van der Waals surface area contributed by atoms with Gasteiger partial charge in [0.25, 0.3) is 11.9 Å². The van der Waals surface area contributed by atoms with Crippen molar-refractivity contribution in [2.75, 3.05) is 25.0 Å². The number of rotatable bonds is 7. The van der Waals surface area contributed by atoms with Crippen molar-refractivity contribution in [1.29, 1.82) is 0 Å². The molecule has 1 amide bonds. The molecule has 3 heterocycles. The van der Waals surface area contributed by atoms with E-state index in [1.807, 2.05) is 18.3 Å². The summed E-state index contributed by atoms with van der Waals surface area (Å²) in [5, 5.41) is 4.37. The SMILES string of the molecule is CCCC(Cc1c[nH]c2ccccc12)NC(=O)c1cnc(N2C[C@@H](C)N(C)[C@H](C)C2)o1. The first-order valence-electron chi connectivity index (χ1n) is 11.2. The molecule has 4 rings (SSSR count). The van der Waals surface area contributed by atoms with E-state index in [9.17, 15) is 4.79 Å². The number of nitrogens with one attached hydrogen (secondary N) is 2. The molecule has 7 heteroatoms. The number of hydrogen-bond acceptors (Lipinski definition) is 5. The van der Waals surface area contributed by atoms with Crippen LogP contribution in [-0.2, 0) is 6.42 Å². The number of hydrogen-bond donors (Lipinski definition) is 2. The number of nitrogens with zero attached hydrogens (tertiary/aromatic N) is 3. The number of piperazine rings is 1. The predicted octanol–water partition coefficient (Wildman–Crippen LogP) is 3.83. The second kappa shape index (κ2) is 9.14. The highest BCUT2D eigenvalue weighted by atomic mass is 16.4. The minimum atomic E-state index is -0.202. The Balaban J connectivity index is 1.43. The summed E-state index contributed by atoms with van der Waals surface area (Å²) in [6, 6.07) is 9.63. The van der Waals surface area contributed by atoms with Crippen molar-refractivity contribution in [3.63, 3.8) is 0 Å². The molecular weight excluding hydrogens is 390 g/mol. The van der Waals surface area contributed by atoms with Crippen LogP contribution in [0.2, 0.25) is 0 Å². The van der Waals surface area contributed by atoms with Crippen molar-refractivity contribution < 1.29 is 9.21 Å². The second-order valence-corrected chi connectivity index (χ2v) is 8.80. The molecule has 1 aliphatic heterocycles. The van der Waals surface area contributed by atoms with Gasteiger partial charge < -0.3 is 19.6 Å². The lowest BCUT2D eigenvalue weighted by Gasteiger charge is -2.41. The molecule has 0 aliphatic carbocycles. The lowest BCUT2D eigenvalue weighted by Crippen LogP contribution is -2.55. The fourth-order valence-electron chi connectivity index (χ4n) is 4.47. The van der Waals surface area contributed by atoms with E-state index < -0.39 is 0 Å². The Morgan fingerprint density at radius 3 is 2.77 bits per heavy atom. The van der Waals surface area contributed by atoms with E-state index in [-0.39, 0.29) is 17.7 Å². The number of para-hydroxylation sites is 1. The molecule has 0 saturated carbocycles. The Kier molecular flexibility index (Phi) is 6.32. The first-order valence-corrected chi connectivity index (χ1v) is 11.2. The summed E-state index contributed by atoms with van der Waals surface area (Å²) < 4.78 is 5.88. The highest BCUT2D eigenvalue weighted by molar-refractivity contribution is 5.91. The number of oxazole rings is 1. The van der Waals surface area contributed by atoms with Crippen LogP contribution < -0.4 is 10.2 Å². The minimum absolute atomic E-state index is 0.0361. The van der Waals surface area contributed by atoms with Crippen molar-refractivity contribution >= 4 is 22.8 Å². The second-order valence-electron chi connectivity index (χ2n) is 8.80. The molecule has 1 aromatic carbocycles. The van der Waals surface area contributed by atoms with Crippen LogP contribution >= 0.6 is 0 Å². The van der Waals surface area contributed by atoms with Gasteiger partial charge in [0, 0.05) is 48.3 Å². The van der Waals surface area contributed by atoms with Crippen molar-refractivity contribution in [1.82, 2.24) is 20.2 Å². The first kappa shape index (κ1) is 21.4. The van der Waals surface area contributed by atoms with Gasteiger partial charge in [0.05, 0.1) is 6.20 Å². The Morgan fingerprint density at radius 1 is 1.29 bits per heavy atom. The van der Waals surface area contributed by atoms with Gasteiger partial charge in [-0.2, -0.15) is 0 Å². The topological polar surface area (TPSA) is 77.4 Å². The number of aromatic amines is 1. The van der Waals surface area contributed by atoms with E-state index in [1.165, 1.54) is 10.9 Å². The average molecular weight is 424 g/mol.